The molecule has 3 aromatic carbocycles. The van der Waals surface area contributed by atoms with Crippen LogP contribution in [0.15, 0.2) is 90.1 Å². The number of hydrogen-bond donors (Lipinski definition) is 0. The number of rotatable bonds is 7. The van der Waals surface area contributed by atoms with Gasteiger partial charge in [0, 0.05) is 22.0 Å². The summed E-state index contributed by atoms with van der Waals surface area (Å²) in [5, 5.41) is 19.1. The molecule has 0 bridgehead atoms. The number of anilines is 1. The highest BCUT2D eigenvalue weighted by Crippen LogP contribution is 2.29. The van der Waals surface area contributed by atoms with Gasteiger partial charge in [0.15, 0.2) is 11.0 Å². The van der Waals surface area contributed by atoms with Crippen LogP contribution in [-0.2, 0) is 4.79 Å². The number of hydrogen-bond acceptors (Lipinski definition) is 5. The average Bonchev–Trinajstić information content (AvgIpc) is 3.26. The van der Waals surface area contributed by atoms with Gasteiger partial charge in [-0.3, -0.25) is 14.3 Å². The molecule has 0 aliphatic carbocycles. The van der Waals surface area contributed by atoms with Crippen molar-refractivity contribution in [3.05, 3.63) is 90.0 Å². The third kappa shape index (κ3) is 4.83. The minimum Gasteiger partial charge on any atom is -0.298 e. The van der Waals surface area contributed by atoms with E-state index < -0.39 is 0 Å². The monoisotopic (exact) mass is 459 g/mol. The number of aromatic nitrogens is 3. The number of benzene rings is 3. The summed E-state index contributed by atoms with van der Waals surface area (Å²) >= 11 is 7.35. The first kappa shape index (κ1) is 21.6. The Labute approximate surface area is 195 Å². The Morgan fingerprint density at radius 3 is 2.28 bits per heavy atom. The molecule has 8 heteroatoms. The zero-order chi connectivity index (χ0) is 22.3. The maximum atomic E-state index is 13.0. The number of nitrogens with zero attached hydrogens (tertiary/aromatic N) is 5. The van der Waals surface area contributed by atoms with Crippen LogP contribution in [-0.4, -0.2) is 33.0 Å². The number of carbonyl (C=O) groups is 1. The van der Waals surface area contributed by atoms with E-state index >= 15 is 0 Å². The summed E-state index contributed by atoms with van der Waals surface area (Å²) in [6, 6.07) is 28.3. The van der Waals surface area contributed by atoms with Crippen LogP contribution in [0.2, 0.25) is 5.02 Å². The molecular weight excluding hydrogens is 442 g/mol. The summed E-state index contributed by atoms with van der Waals surface area (Å²) in [7, 11) is 0. The van der Waals surface area contributed by atoms with Gasteiger partial charge in [0.05, 0.1) is 11.8 Å². The Kier molecular flexibility index (Phi) is 6.85. The van der Waals surface area contributed by atoms with E-state index in [1.165, 1.54) is 16.7 Å². The fourth-order valence-electron chi connectivity index (χ4n) is 3.17. The van der Waals surface area contributed by atoms with Crippen LogP contribution >= 0.6 is 23.4 Å². The van der Waals surface area contributed by atoms with Crippen LogP contribution in [0.3, 0.4) is 0 Å². The lowest BCUT2D eigenvalue weighted by Crippen LogP contribution is -2.32. The van der Waals surface area contributed by atoms with Crippen molar-refractivity contribution in [1.29, 1.82) is 5.26 Å². The Bertz CT molecular complexity index is 1240. The molecule has 0 spiro atoms. The molecule has 0 radical (unpaired) electrons. The van der Waals surface area contributed by atoms with Crippen molar-refractivity contribution < 1.29 is 4.79 Å². The van der Waals surface area contributed by atoms with Crippen LogP contribution in [0.5, 0.6) is 0 Å². The molecular formula is C24H18ClN5OS. The topological polar surface area (TPSA) is 74.8 Å². The predicted octanol–water partition coefficient (Wildman–Crippen LogP) is 5.24. The lowest BCUT2D eigenvalue weighted by atomic mass is 10.2. The molecule has 0 aliphatic heterocycles. The minimum absolute atomic E-state index is 0.0253. The van der Waals surface area contributed by atoms with Crippen molar-refractivity contribution in [2.24, 2.45) is 0 Å². The highest BCUT2D eigenvalue weighted by atomic mass is 35.5. The fraction of sp³-hybridized carbons (Fsp3) is 0.0833. The van der Waals surface area contributed by atoms with Gasteiger partial charge in [-0.25, -0.2) is 0 Å². The van der Waals surface area contributed by atoms with Crippen molar-refractivity contribution in [3.63, 3.8) is 0 Å². The van der Waals surface area contributed by atoms with Gasteiger partial charge in [0.1, 0.15) is 6.54 Å². The largest absolute Gasteiger partial charge is 0.298 e. The molecule has 0 N–H and O–H groups in total. The first-order chi connectivity index (χ1) is 15.7. The number of para-hydroxylation sites is 1. The molecule has 4 rings (SSSR count). The van der Waals surface area contributed by atoms with E-state index in [0.717, 1.165) is 11.3 Å². The number of amides is 1. The second-order valence-electron chi connectivity index (χ2n) is 6.75. The summed E-state index contributed by atoms with van der Waals surface area (Å²) in [5.41, 5.74) is 2.43. The predicted molar refractivity (Wildman–Crippen MR) is 127 cm³/mol. The highest BCUT2D eigenvalue weighted by Gasteiger charge is 2.20. The van der Waals surface area contributed by atoms with Crippen molar-refractivity contribution in [2.45, 2.75) is 5.16 Å². The van der Waals surface area contributed by atoms with E-state index in [1.807, 2.05) is 77.4 Å². The fourth-order valence-corrected chi connectivity index (χ4v) is 4.12. The van der Waals surface area contributed by atoms with Gasteiger partial charge in [-0.05, 0) is 36.4 Å². The molecule has 32 heavy (non-hydrogen) atoms. The van der Waals surface area contributed by atoms with E-state index in [0.29, 0.717) is 21.7 Å². The first-order valence-corrected chi connectivity index (χ1v) is 11.2. The number of thioether (sulfide) groups is 1. The summed E-state index contributed by atoms with van der Waals surface area (Å²) in [6.45, 7) is -0.0253. The van der Waals surface area contributed by atoms with Crippen LogP contribution < -0.4 is 4.90 Å². The van der Waals surface area contributed by atoms with Crippen LogP contribution in [0.4, 0.5) is 5.69 Å². The van der Waals surface area contributed by atoms with E-state index in [2.05, 4.69) is 16.3 Å². The number of halogens is 1. The normalized spacial score (nSPS) is 10.5. The SMILES string of the molecule is N#CCN(C(=O)CSc1nnc(-c2ccccc2)n1-c1ccc(Cl)cc1)c1ccccc1. The van der Waals surface area contributed by atoms with E-state index in [9.17, 15) is 10.1 Å². The van der Waals surface area contributed by atoms with Gasteiger partial charge in [-0.1, -0.05) is 71.9 Å². The van der Waals surface area contributed by atoms with Gasteiger partial charge in [0.25, 0.3) is 0 Å². The second-order valence-corrected chi connectivity index (χ2v) is 8.13. The average molecular weight is 460 g/mol. The third-order valence-corrected chi connectivity index (χ3v) is 5.84. The number of nitriles is 1. The smallest absolute Gasteiger partial charge is 0.238 e. The van der Waals surface area contributed by atoms with Crippen LogP contribution in [0.1, 0.15) is 0 Å². The van der Waals surface area contributed by atoms with E-state index in [-0.39, 0.29) is 18.2 Å². The second kappa shape index (κ2) is 10.1. The molecule has 0 saturated heterocycles. The Hall–Kier alpha value is -3.60. The van der Waals surface area contributed by atoms with Crippen molar-refractivity contribution in [3.8, 4) is 23.1 Å². The van der Waals surface area contributed by atoms with Gasteiger partial charge in [-0.2, -0.15) is 5.26 Å². The third-order valence-electron chi connectivity index (χ3n) is 4.67. The lowest BCUT2D eigenvalue weighted by molar-refractivity contribution is -0.116. The highest BCUT2D eigenvalue weighted by molar-refractivity contribution is 7.99. The van der Waals surface area contributed by atoms with Crippen LogP contribution in [0.25, 0.3) is 17.1 Å². The summed E-state index contributed by atoms with van der Waals surface area (Å²) in [5.74, 6) is 0.589. The van der Waals surface area contributed by atoms with Gasteiger partial charge >= 0.3 is 0 Å². The molecule has 1 amide bonds. The van der Waals surface area contributed by atoms with Crippen molar-refractivity contribution >= 4 is 35.0 Å². The zero-order valence-electron chi connectivity index (χ0n) is 16.9. The van der Waals surface area contributed by atoms with Gasteiger partial charge in [-0.15, -0.1) is 10.2 Å². The molecule has 6 nitrogen and oxygen atoms in total. The van der Waals surface area contributed by atoms with Gasteiger partial charge < -0.3 is 0 Å². The van der Waals surface area contributed by atoms with E-state index in [4.69, 9.17) is 11.6 Å². The molecule has 0 saturated carbocycles. The summed E-state index contributed by atoms with van der Waals surface area (Å²) < 4.78 is 1.90. The Morgan fingerprint density at radius 1 is 0.969 bits per heavy atom. The number of carbonyl (C=O) groups excluding carboxylic acids is 1. The molecule has 0 unspecified atom stereocenters. The van der Waals surface area contributed by atoms with Crippen molar-refractivity contribution in [1.82, 2.24) is 14.8 Å². The Morgan fingerprint density at radius 2 is 1.62 bits per heavy atom. The van der Waals surface area contributed by atoms with Crippen LogP contribution in [0, 0.1) is 11.3 Å². The summed E-state index contributed by atoms with van der Waals surface area (Å²) in [6.07, 6.45) is 0. The summed E-state index contributed by atoms with van der Waals surface area (Å²) in [4.78, 5) is 14.4. The molecule has 1 aromatic heterocycles. The van der Waals surface area contributed by atoms with E-state index in [1.54, 1.807) is 12.1 Å². The zero-order valence-corrected chi connectivity index (χ0v) is 18.5. The Balaban J connectivity index is 1.64. The quantitative estimate of drug-likeness (QED) is 0.279. The van der Waals surface area contributed by atoms with Gasteiger partial charge in [0.2, 0.25) is 5.91 Å². The maximum Gasteiger partial charge on any atom is 0.238 e. The standard InChI is InChI=1S/C24H18ClN5OS/c25-19-11-13-21(14-12-19)30-23(18-7-3-1-4-8-18)27-28-24(30)32-17-22(31)29(16-15-26)20-9-5-2-6-10-20/h1-14H,16-17H2. The van der Waals surface area contributed by atoms with Crippen molar-refractivity contribution in [2.75, 3.05) is 17.2 Å². The molecule has 4 aromatic rings. The molecule has 0 atom stereocenters. The lowest BCUT2D eigenvalue weighted by Gasteiger charge is -2.19. The molecule has 158 valence electrons. The molecule has 1 heterocycles. The maximum absolute atomic E-state index is 13.0. The molecule has 0 aliphatic rings. The minimum atomic E-state index is -0.185. The first-order valence-electron chi connectivity index (χ1n) is 9.79. The molecule has 0 fully saturated rings.